The van der Waals surface area contributed by atoms with E-state index in [9.17, 15) is 0 Å². The van der Waals surface area contributed by atoms with Gasteiger partial charge < -0.3 is 5.73 Å². The molecule has 0 amide bonds. The molecule has 1 aliphatic carbocycles. The van der Waals surface area contributed by atoms with Crippen LogP contribution in [0.25, 0.3) is 0 Å². The smallest absolute Gasteiger partial charge is 0.0785 e. The van der Waals surface area contributed by atoms with Crippen molar-refractivity contribution in [3.05, 3.63) is 23.8 Å². The van der Waals surface area contributed by atoms with Gasteiger partial charge in [0.1, 0.15) is 0 Å². The number of halogens is 1. The number of aromatic nitrogens is 2. The minimum atomic E-state index is 0. The lowest BCUT2D eigenvalue weighted by Gasteiger charge is -2.18. The molecule has 0 saturated heterocycles. The zero-order valence-electron chi connectivity index (χ0n) is 6.73. The van der Waals surface area contributed by atoms with Crippen LogP contribution in [0.1, 0.15) is 30.3 Å². The van der Waals surface area contributed by atoms with Gasteiger partial charge >= 0.3 is 0 Å². The summed E-state index contributed by atoms with van der Waals surface area (Å²) in [6.45, 7) is 0. The molecule has 1 atom stereocenters. The van der Waals surface area contributed by atoms with Crippen molar-refractivity contribution < 1.29 is 0 Å². The molecular weight excluding hydrogens is 174 g/mol. The fraction of sp³-hybridized carbons (Fsp3) is 0.500. The molecule has 0 saturated carbocycles. The summed E-state index contributed by atoms with van der Waals surface area (Å²) in [5.74, 6) is 0. The Morgan fingerprint density at radius 2 is 2.08 bits per heavy atom. The van der Waals surface area contributed by atoms with Crippen LogP contribution < -0.4 is 5.73 Å². The van der Waals surface area contributed by atoms with Gasteiger partial charge in [-0.25, -0.2) is 0 Å². The second-order valence-corrected chi connectivity index (χ2v) is 2.89. The van der Waals surface area contributed by atoms with Crippen LogP contribution in [0.4, 0.5) is 0 Å². The summed E-state index contributed by atoms with van der Waals surface area (Å²) in [5.41, 5.74) is 7.93. The van der Waals surface area contributed by atoms with Gasteiger partial charge in [0.25, 0.3) is 0 Å². The third-order valence-electron chi connectivity index (χ3n) is 2.09. The molecule has 66 valence electrons. The van der Waals surface area contributed by atoms with Crippen LogP contribution in [0.5, 0.6) is 0 Å². The molecular formula is C8H12ClN3. The van der Waals surface area contributed by atoms with Crippen molar-refractivity contribution in [1.82, 2.24) is 9.97 Å². The SMILES string of the molecule is Cl.NC1CCCc2nccnc21. The van der Waals surface area contributed by atoms with Gasteiger partial charge in [-0.15, -0.1) is 12.4 Å². The summed E-state index contributed by atoms with van der Waals surface area (Å²) >= 11 is 0. The Morgan fingerprint density at radius 3 is 2.83 bits per heavy atom. The van der Waals surface area contributed by atoms with E-state index in [1.807, 2.05) is 0 Å². The molecule has 2 rings (SSSR count). The van der Waals surface area contributed by atoms with E-state index in [2.05, 4.69) is 9.97 Å². The number of nitrogens with zero attached hydrogens (tertiary/aromatic N) is 2. The maximum atomic E-state index is 5.84. The van der Waals surface area contributed by atoms with Crippen LogP contribution >= 0.6 is 12.4 Å². The summed E-state index contributed by atoms with van der Waals surface area (Å²) in [7, 11) is 0. The third kappa shape index (κ3) is 1.57. The summed E-state index contributed by atoms with van der Waals surface area (Å²) in [4.78, 5) is 8.44. The first-order valence-corrected chi connectivity index (χ1v) is 3.93. The summed E-state index contributed by atoms with van der Waals surface area (Å²) in [6, 6.07) is 0.118. The van der Waals surface area contributed by atoms with Crippen LogP contribution in [0, 0.1) is 0 Å². The maximum absolute atomic E-state index is 5.84. The maximum Gasteiger partial charge on any atom is 0.0785 e. The second kappa shape index (κ2) is 3.83. The van der Waals surface area contributed by atoms with Gasteiger partial charge in [0.15, 0.2) is 0 Å². The van der Waals surface area contributed by atoms with Crippen molar-refractivity contribution in [3.8, 4) is 0 Å². The highest BCUT2D eigenvalue weighted by atomic mass is 35.5. The highest BCUT2D eigenvalue weighted by molar-refractivity contribution is 5.85. The van der Waals surface area contributed by atoms with Gasteiger partial charge in [-0.3, -0.25) is 9.97 Å². The molecule has 1 unspecified atom stereocenters. The number of fused-ring (bicyclic) bond motifs is 1. The first-order chi connectivity index (χ1) is 5.38. The molecule has 1 aromatic rings. The first kappa shape index (κ1) is 9.42. The molecule has 1 aromatic heterocycles. The van der Waals surface area contributed by atoms with E-state index in [1.165, 1.54) is 0 Å². The minimum Gasteiger partial charge on any atom is -0.323 e. The average molecular weight is 186 g/mol. The molecule has 3 nitrogen and oxygen atoms in total. The molecule has 0 aromatic carbocycles. The number of hydrogen-bond donors (Lipinski definition) is 1. The van der Waals surface area contributed by atoms with Crippen molar-refractivity contribution >= 4 is 12.4 Å². The number of nitrogens with two attached hydrogens (primary N) is 1. The van der Waals surface area contributed by atoms with E-state index in [1.54, 1.807) is 12.4 Å². The molecule has 0 bridgehead atoms. The molecule has 1 heterocycles. The van der Waals surface area contributed by atoms with Crippen molar-refractivity contribution in [1.29, 1.82) is 0 Å². The molecule has 4 heteroatoms. The Kier molecular flexibility index (Phi) is 3.00. The first-order valence-electron chi connectivity index (χ1n) is 3.93. The average Bonchev–Trinajstić information content (AvgIpc) is 2.06. The van der Waals surface area contributed by atoms with Crippen LogP contribution in [0.2, 0.25) is 0 Å². The highest BCUT2D eigenvalue weighted by Crippen LogP contribution is 2.23. The lowest BCUT2D eigenvalue weighted by molar-refractivity contribution is 0.543. The third-order valence-corrected chi connectivity index (χ3v) is 2.09. The van der Waals surface area contributed by atoms with Crippen LogP contribution in [-0.4, -0.2) is 9.97 Å². The van der Waals surface area contributed by atoms with Gasteiger partial charge in [-0.2, -0.15) is 0 Å². The lowest BCUT2D eigenvalue weighted by atomic mass is 9.96. The van der Waals surface area contributed by atoms with Crippen LogP contribution in [-0.2, 0) is 6.42 Å². The topological polar surface area (TPSA) is 51.8 Å². The number of aryl methyl sites for hydroxylation is 1. The van der Waals surface area contributed by atoms with Crippen LogP contribution in [0.15, 0.2) is 12.4 Å². The zero-order chi connectivity index (χ0) is 7.68. The predicted octanol–water partition coefficient (Wildman–Crippen LogP) is 1.23. The zero-order valence-corrected chi connectivity index (χ0v) is 7.55. The van der Waals surface area contributed by atoms with Crippen molar-refractivity contribution in [3.63, 3.8) is 0 Å². The lowest BCUT2D eigenvalue weighted by Crippen LogP contribution is -2.19. The quantitative estimate of drug-likeness (QED) is 0.662. The Hall–Kier alpha value is -0.670. The van der Waals surface area contributed by atoms with Gasteiger partial charge in [-0.05, 0) is 19.3 Å². The van der Waals surface area contributed by atoms with E-state index >= 15 is 0 Å². The van der Waals surface area contributed by atoms with E-state index < -0.39 is 0 Å². The predicted molar refractivity (Wildman–Crippen MR) is 49.1 cm³/mol. The van der Waals surface area contributed by atoms with E-state index in [-0.39, 0.29) is 18.4 Å². The molecule has 0 aliphatic heterocycles. The van der Waals surface area contributed by atoms with Gasteiger partial charge in [0.05, 0.1) is 11.4 Å². The molecule has 12 heavy (non-hydrogen) atoms. The summed E-state index contributed by atoms with van der Waals surface area (Å²) in [5, 5.41) is 0. The Morgan fingerprint density at radius 1 is 1.33 bits per heavy atom. The van der Waals surface area contributed by atoms with Crippen molar-refractivity contribution in [2.75, 3.05) is 0 Å². The highest BCUT2D eigenvalue weighted by Gasteiger charge is 2.17. The summed E-state index contributed by atoms with van der Waals surface area (Å²) < 4.78 is 0. The van der Waals surface area contributed by atoms with Gasteiger partial charge in [0.2, 0.25) is 0 Å². The molecule has 0 spiro atoms. The van der Waals surface area contributed by atoms with Crippen molar-refractivity contribution in [2.45, 2.75) is 25.3 Å². The monoisotopic (exact) mass is 185 g/mol. The number of rotatable bonds is 0. The fourth-order valence-corrected chi connectivity index (χ4v) is 1.51. The fourth-order valence-electron chi connectivity index (χ4n) is 1.51. The standard InChI is InChI=1S/C8H11N3.ClH/c9-6-2-1-3-7-8(6)11-5-4-10-7;/h4-6H,1-3,9H2;1H. The molecule has 0 fully saturated rings. The Bertz CT molecular complexity index is 264. The van der Waals surface area contributed by atoms with E-state index in [0.29, 0.717) is 0 Å². The Balaban J connectivity index is 0.000000720. The summed E-state index contributed by atoms with van der Waals surface area (Å²) in [6.07, 6.45) is 6.68. The van der Waals surface area contributed by atoms with Gasteiger partial charge in [0, 0.05) is 18.4 Å². The number of hydrogen-bond acceptors (Lipinski definition) is 3. The largest absolute Gasteiger partial charge is 0.323 e. The molecule has 1 aliphatic rings. The molecule has 0 radical (unpaired) electrons. The van der Waals surface area contributed by atoms with Gasteiger partial charge in [-0.1, -0.05) is 0 Å². The Labute approximate surface area is 77.8 Å². The van der Waals surface area contributed by atoms with E-state index in [4.69, 9.17) is 5.73 Å². The minimum absolute atomic E-state index is 0. The molecule has 2 N–H and O–H groups in total. The van der Waals surface area contributed by atoms with Crippen molar-refractivity contribution in [2.24, 2.45) is 5.73 Å². The normalized spacial score (nSPS) is 20.9. The van der Waals surface area contributed by atoms with Crippen LogP contribution in [0.3, 0.4) is 0 Å². The second-order valence-electron chi connectivity index (χ2n) is 2.89. The van der Waals surface area contributed by atoms with E-state index in [0.717, 1.165) is 30.7 Å².